The summed E-state index contributed by atoms with van der Waals surface area (Å²) in [5.41, 5.74) is 2.87. The van der Waals surface area contributed by atoms with Gasteiger partial charge in [0, 0.05) is 29.9 Å². The lowest BCUT2D eigenvalue weighted by Crippen LogP contribution is -2.35. The summed E-state index contributed by atoms with van der Waals surface area (Å²) < 4.78 is 0. The Morgan fingerprint density at radius 2 is 1.62 bits per heavy atom. The van der Waals surface area contributed by atoms with Crippen LogP contribution in [0.5, 0.6) is 0 Å². The van der Waals surface area contributed by atoms with Crippen molar-refractivity contribution in [1.29, 1.82) is 0 Å². The lowest BCUT2D eigenvalue weighted by molar-refractivity contribution is 0.0724. The van der Waals surface area contributed by atoms with E-state index >= 15 is 0 Å². The predicted molar refractivity (Wildman–Crippen MR) is 95.3 cm³/mol. The number of hydrogen-bond donors (Lipinski definition) is 1. The van der Waals surface area contributed by atoms with Crippen LogP contribution in [-0.4, -0.2) is 29.8 Å². The SMILES string of the molecule is Cc1ccccc1NC(=O)c1cccc(C(=O)N2CCCCC2)c1. The molecule has 1 fully saturated rings. The van der Waals surface area contributed by atoms with E-state index < -0.39 is 0 Å². The predicted octanol–water partition coefficient (Wildman–Crippen LogP) is 3.87. The van der Waals surface area contributed by atoms with Crippen molar-refractivity contribution in [3.8, 4) is 0 Å². The summed E-state index contributed by atoms with van der Waals surface area (Å²) >= 11 is 0. The zero-order valence-electron chi connectivity index (χ0n) is 13.9. The number of para-hydroxylation sites is 1. The van der Waals surface area contributed by atoms with E-state index in [1.807, 2.05) is 36.1 Å². The Labute approximate surface area is 142 Å². The molecule has 2 aromatic rings. The van der Waals surface area contributed by atoms with E-state index in [0.717, 1.165) is 37.2 Å². The molecule has 4 heteroatoms. The number of amides is 2. The highest BCUT2D eigenvalue weighted by Crippen LogP contribution is 2.17. The van der Waals surface area contributed by atoms with Gasteiger partial charge in [-0.1, -0.05) is 24.3 Å². The Balaban J connectivity index is 1.76. The van der Waals surface area contributed by atoms with Gasteiger partial charge < -0.3 is 10.2 Å². The van der Waals surface area contributed by atoms with Crippen LogP contribution in [0.3, 0.4) is 0 Å². The standard InChI is InChI=1S/C20H22N2O2/c1-15-8-3-4-11-18(15)21-19(23)16-9-7-10-17(14-16)20(24)22-12-5-2-6-13-22/h3-4,7-11,14H,2,5-6,12-13H2,1H3,(H,21,23). The summed E-state index contributed by atoms with van der Waals surface area (Å²) in [6, 6.07) is 14.6. The van der Waals surface area contributed by atoms with E-state index in [0.29, 0.717) is 11.1 Å². The van der Waals surface area contributed by atoms with Crippen LogP contribution in [0.1, 0.15) is 45.5 Å². The molecule has 1 saturated heterocycles. The van der Waals surface area contributed by atoms with Crippen LogP contribution in [0.25, 0.3) is 0 Å². The van der Waals surface area contributed by atoms with Gasteiger partial charge in [0.05, 0.1) is 0 Å². The lowest BCUT2D eigenvalue weighted by atomic mass is 10.1. The Kier molecular flexibility index (Phi) is 4.94. The summed E-state index contributed by atoms with van der Waals surface area (Å²) in [4.78, 5) is 26.9. The summed E-state index contributed by atoms with van der Waals surface area (Å²) in [6.45, 7) is 3.56. The van der Waals surface area contributed by atoms with E-state index in [2.05, 4.69) is 5.32 Å². The number of rotatable bonds is 3. The fraction of sp³-hybridized carbons (Fsp3) is 0.300. The van der Waals surface area contributed by atoms with Crippen LogP contribution in [0.4, 0.5) is 5.69 Å². The van der Waals surface area contributed by atoms with Gasteiger partial charge in [-0.3, -0.25) is 9.59 Å². The molecule has 0 aromatic heterocycles. The number of aryl methyl sites for hydroxylation is 1. The molecule has 24 heavy (non-hydrogen) atoms. The Morgan fingerprint density at radius 1 is 0.917 bits per heavy atom. The normalized spacial score (nSPS) is 14.3. The van der Waals surface area contributed by atoms with Crippen LogP contribution in [0.2, 0.25) is 0 Å². The molecule has 0 atom stereocenters. The van der Waals surface area contributed by atoms with Crippen LogP contribution < -0.4 is 5.32 Å². The minimum Gasteiger partial charge on any atom is -0.339 e. The van der Waals surface area contributed by atoms with E-state index in [1.54, 1.807) is 24.3 Å². The third-order valence-corrected chi connectivity index (χ3v) is 4.41. The monoisotopic (exact) mass is 322 g/mol. The minimum absolute atomic E-state index is 0.0141. The van der Waals surface area contributed by atoms with E-state index in [4.69, 9.17) is 0 Å². The topological polar surface area (TPSA) is 49.4 Å². The Hall–Kier alpha value is -2.62. The minimum atomic E-state index is -0.197. The maximum Gasteiger partial charge on any atom is 0.255 e. The first-order valence-corrected chi connectivity index (χ1v) is 8.41. The third kappa shape index (κ3) is 3.65. The number of hydrogen-bond acceptors (Lipinski definition) is 2. The van der Waals surface area contributed by atoms with Gasteiger partial charge in [-0.25, -0.2) is 0 Å². The van der Waals surface area contributed by atoms with Gasteiger partial charge in [0.25, 0.3) is 11.8 Å². The van der Waals surface area contributed by atoms with Crippen molar-refractivity contribution in [2.75, 3.05) is 18.4 Å². The van der Waals surface area contributed by atoms with Crippen LogP contribution in [0.15, 0.2) is 48.5 Å². The van der Waals surface area contributed by atoms with E-state index in [1.165, 1.54) is 6.42 Å². The molecule has 2 amide bonds. The second-order valence-electron chi connectivity index (χ2n) is 6.20. The third-order valence-electron chi connectivity index (χ3n) is 4.41. The zero-order chi connectivity index (χ0) is 16.9. The summed E-state index contributed by atoms with van der Waals surface area (Å²) in [5, 5.41) is 2.91. The molecular formula is C20H22N2O2. The molecule has 1 N–H and O–H groups in total. The second kappa shape index (κ2) is 7.30. The molecule has 2 aromatic carbocycles. The first-order chi connectivity index (χ1) is 11.6. The number of likely N-dealkylation sites (tertiary alicyclic amines) is 1. The van der Waals surface area contributed by atoms with Gasteiger partial charge in [0.15, 0.2) is 0 Å². The van der Waals surface area contributed by atoms with E-state index in [-0.39, 0.29) is 11.8 Å². The average Bonchev–Trinajstić information content (AvgIpc) is 2.64. The Bertz CT molecular complexity index is 749. The van der Waals surface area contributed by atoms with E-state index in [9.17, 15) is 9.59 Å². The largest absolute Gasteiger partial charge is 0.339 e. The molecule has 4 nitrogen and oxygen atoms in total. The average molecular weight is 322 g/mol. The summed E-state index contributed by atoms with van der Waals surface area (Å²) in [7, 11) is 0. The fourth-order valence-corrected chi connectivity index (χ4v) is 2.98. The number of carbonyl (C=O) groups is 2. The molecule has 0 bridgehead atoms. The molecular weight excluding hydrogens is 300 g/mol. The van der Waals surface area contributed by atoms with Crippen molar-refractivity contribution in [2.24, 2.45) is 0 Å². The van der Waals surface area contributed by atoms with Gasteiger partial charge in [-0.05, 0) is 56.0 Å². The maximum absolute atomic E-state index is 12.6. The Morgan fingerprint density at radius 3 is 2.38 bits per heavy atom. The number of anilines is 1. The molecule has 0 spiro atoms. The number of nitrogens with zero attached hydrogens (tertiary/aromatic N) is 1. The van der Waals surface area contributed by atoms with Crippen molar-refractivity contribution in [2.45, 2.75) is 26.2 Å². The number of nitrogens with one attached hydrogen (secondary N) is 1. The highest BCUT2D eigenvalue weighted by molar-refractivity contribution is 6.06. The first-order valence-electron chi connectivity index (χ1n) is 8.41. The van der Waals surface area contributed by atoms with Crippen molar-refractivity contribution in [1.82, 2.24) is 4.90 Å². The number of benzene rings is 2. The summed E-state index contributed by atoms with van der Waals surface area (Å²) in [6.07, 6.45) is 3.29. The van der Waals surface area contributed by atoms with Crippen LogP contribution in [-0.2, 0) is 0 Å². The molecule has 124 valence electrons. The number of piperidine rings is 1. The molecule has 3 rings (SSSR count). The smallest absolute Gasteiger partial charge is 0.255 e. The zero-order valence-corrected chi connectivity index (χ0v) is 13.9. The highest BCUT2D eigenvalue weighted by Gasteiger charge is 2.19. The quantitative estimate of drug-likeness (QED) is 0.932. The van der Waals surface area contributed by atoms with Gasteiger partial charge in [-0.2, -0.15) is 0 Å². The van der Waals surface area contributed by atoms with Crippen LogP contribution in [0, 0.1) is 6.92 Å². The highest BCUT2D eigenvalue weighted by atomic mass is 16.2. The molecule has 1 heterocycles. The molecule has 0 unspecified atom stereocenters. The van der Waals surface area contributed by atoms with Crippen molar-refractivity contribution < 1.29 is 9.59 Å². The molecule has 0 aliphatic carbocycles. The molecule has 0 radical (unpaired) electrons. The second-order valence-corrected chi connectivity index (χ2v) is 6.20. The fourth-order valence-electron chi connectivity index (χ4n) is 2.98. The summed E-state index contributed by atoms with van der Waals surface area (Å²) in [5.74, 6) is -0.183. The van der Waals surface area contributed by atoms with Gasteiger partial charge in [0.1, 0.15) is 0 Å². The maximum atomic E-state index is 12.6. The van der Waals surface area contributed by atoms with Gasteiger partial charge >= 0.3 is 0 Å². The molecule has 1 aliphatic heterocycles. The van der Waals surface area contributed by atoms with Gasteiger partial charge in [0.2, 0.25) is 0 Å². The van der Waals surface area contributed by atoms with Crippen LogP contribution >= 0.6 is 0 Å². The lowest BCUT2D eigenvalue weighted by Gasteiger charge is -2.26. The van der Waals surface area contributed by atoms with Crippen molar-refractivity contribution in [3.63, 3.8) is 0 Å². The van der Waals surface area contributed by atoms with Crippen molar-refractivity contribution in [3.05, 3.63) is 65.2 Å². The first kappa shape index (κ1) is 16.2. The van der Waals surface area contributed by atoms with Gasteiger partial charge in [-0.15, -0.1) is 0 Å². The molecule has 0 saturated carbocycles. The molecule has 1 aliphatic rings. The number of carbonyl (C=O) groups excluding carboxylic acids is 2. The van der Waals surface area contributed by atoms with Crippen molar-refractivity contribution >= 4 is 17.5 Å².